The first kappa shape index (κ1) is 15.4. The molecular formula is C10H11F3N2O3S. The van der Waals surface area contributed by atoms with Crippen molar-refractivity contribution in [1.29, 1.82) is 0 Å². The quantitative estimate of drug-likeness (QED) is 0.833. The number of rotatable bonds is 3. The lowest BCUT2D eigenvalue weighted by Crippen LogP contribution is -2.29. The number of sulfone groups is 1. The van der Waals surface area contributed by atoms with Gasteiger partial charge in [0, 0.05) is 20.3 Å². The van der Waals surface area contributed by atoms with Gasteiger partial charge in [-0.2, -0.15) is 13.2 Å². The number of hydrogen-bond donors (Lipinski definition) is 0. The third-order valence-electron chi connectivity index (χ3n) is 2.19. The first-order valence-electron chi connectivity index (χ1n) is 5.00. The Morgan fingerprint density at radius 1 is 1.32 bits per heavy atom. The summed E-state index contributed by atoms with van der Waals surface area (Å²) in [5.41, 5.74) is -1.05. The standard InChI is InChI=1S/C10H11F3N2O3S/c1-15(2)9(16)6-19(17,18)8-4-3-7(5-14-8)10(11,12)13/h3-5H,6H2,1-2H3. The van der Waals surface area contributed by atoms with Crippen LogP contribution in [0.25, 0.3) is 0 Å². The van der Waals surface area contributed by atoms with E-state index in [9.17, 15) is 26.4 Å². The normalized spacial score (nSPS) is 12.3. The number of pyridine rings is 1. The third kappa shape index (κ3) is 3.91. The highest BCUT2D eigenvalue weighted by Gasteiger charge is 2.31. The number of hydrogen-bond acceptors (Lipinski definition) is 4. The lowest BCUT2D eigenvalue weighted by molar-refractivity contribution is -0.138. The van der Waals surface area contributed by atoms with Crippen LogP contribution in [0.15, 0.2) is 23.4 Å². The molecule has 19 heavy (non-hydrogen) atoms. The molecule has 1 aromatic rings. The lowest BCUT2D eigenvalue weighted by atomic mass is 10.3. The molecule has 0 aliphatic heterocycles. The molecule has 9 heteroatoms. The molecule has 0 fully saturated rings. The van der Waals surface area contributed by atoms with Crippen LogP contribution in [-0.4, -0.2) is 44.1 Å². The van der Waals surface area contributed by atoms with Crippen LogP contribution < -0.4 is 0 Å². The Kier molecular flexibility index (Phi) is 4.18. The molecule has 106 valence electrons. The van der Waals surface area contributed by atoms with Crippen molar-refractivity contribution in [3.63, 3.8) is 0 Å². The van der Waals surface area contributed by atoms with E-state index < -0.39 is 38.3 Å². The van der Waals surface area contributed by atoms with E-state index in [2.05, 4.69) is 4.98 Å². The second-order valence-electron chi connectivity index (χ2n) is 3.93. The van der Waals surface area contributed by atoms with Crippen LogP contribution in [0.2, 0.25) is 0 Å². The Hall–Kier alpha value is -1.64. The van der Waals surface area contributed by atoms with Crippen molar-refractivity contribution in [2.24, 2.45) is 0 Å². The van der Waals surface area contributed by atoms with E-state index in [4.69, 9.17) is 0 Å². The van der Waals surface area contributed by atoms with E-state index >= 15 is 0 Å². The van der Waals surface area contributed by atoms with Crippen molar-refractivity contribution in [1.82, 2.24) is 9.88 Å². The molecule has 0 unspecified atom stereocenters. The average molecular weight is 296 g/mol. The SMILES string of the molecule is CN(C)C(=O)CS(=O)(=O)c1ccc(C(F)(F)F)cn1. The monoisotopic (exact) mass is 296 g/mol. The Morgan fingerprint density at radius 2 is 1.89 bits per heavy atom. The van der Waals surface area contributed by atoms with Crippen molar-refractivity contribution in [3.8, 4) is 0 Å². The lowest BCUT2D eigenvalue weighted by Gasteiger charge is -2.10. The highest BCUT2D eigenvalue weighted by atomic mass is 32.2. The van der Waals surface area contributed by atoms with E-state index in [1.807, 2.05) is 0 Å². The second kappa shape index (κ2) is 5.16. The fourth-order valence-corrected chi connectivity index (χ4v) is 2.32. The summed E-state index contributed by atoms with van der Waals surface area (Å²) < 4.78 is 60.3. The summed E-state index contributed by atoms with van der Waals surface area (Å²) in [6, 6.07) is 1.35. The number of alkyl halides is 3. The van der Waals surface area contributed by atoms with Crippen LogP contribution >= 0.6 is 0 Å². The molecule has 1 amide bonds. The first-order chi connectivity index (χ1) is 8.54. The zero-order valence-corrected chi connectivity index (χ0v) is 10.9. The van der Waals surface area contributed by atoms with Gasteiger partial charge in [-0.15, -0.1) is 0 Å². The average Bonchev–Trinajstić information content (AvgIpc) is 2.27. The van der Waals surface area contributed by atoms with Crippen molar-refractivity contribution in [2.45, 2.75) is 11.2 Å². The fraction of sp³-hybridized carbons (Fsp3) is 0.400. The van der Waals surface area contributed by atoms with Crippen LogP contribution in [-0.2, 0) is 20.8 Å². The summed E-state index contributed by atoms with van der Waals surface area (Å²) in [5, 5.41) is -0.560. The van der Waals surface area contributed by atoms with Gasteiger partial charge in [-0.25, -0.2) is 13.4 Å². The molecule has 0 aliphatic rings. The highest BCUT2D eigenvalue weighted by Crippen LogP contribution is 2.28. The Morgan fingerprint density at radius 3 is 2.26 bits per heavy atom. The van der Waals surface area contributed by atoms with Crippen LogP contribution in [0, 0.1) is 0 Å². The van der Waals surface area contributed by atoms with Crippen LogP contribution in [0.3, 0.4) is 0 Å². The molecular weight excluding hydrogens is 285 g/mol. The minimum Gasteiger partial charge on any atom is -0.348 e. The van der Waals surface area contributed by atoms with Crippen molar-refractivity contribution in [3.05, 3.63) is 23.9 Å². The molecule has 0 spiro atoms. The van der Waals surface area contributed by atoms with Gasteiger partial charge in [0.25, 0.3) is 0 Å². The fourth-order valence-electron chi connectivity index (χ4n) is 1.10. The number of nitrogens with zero attached hydrogens (tertiary/aromatic N) is 2. The van der Waals surface area contributed by atoms with Crippen LogP contribution in [0.4, 0.5) is 13.2 Å². The number of carbonyl (C=O) groups is 1. The van der Waals surface area contributed by atoms with Crippen LogP contribution in [0.1, 0.15) is 5.56 Å². The van der Waals surface area contributed by atoms with E-state index in [1.54, 1.807) is 0 Å². The summed E-state index contributed by atoms with van der Waals surface area (Å²) >= 11 is 0. The summed E-state index contributed by atoms with van der Waals surface area (Å²) in [7, 11) is -1.29. The molecule has 1 aromatic heterocycles. The Balaban J connectivity index is 3.01. The molecule has 0 N–H and O–H groups in total. The van der Waals surface area contributed by atoms with Gasteiger partial charge in [0.2, 0.25) is 15.7 Å². The second-order valence-corrected chi connectivity index (χ2v) is 5.87. The minimum atomic E-state index is -4.59. The van der Waals surface area contributed by atoms with E-state index in [1.165, 1.54) is 14.1 Å². The largest absolute Gasteiger partial charge is 0.417 e. The third-order valence-corrected chi connectivity index (χ3v) is 3.70. The minimum absolute atomic E-state index is 0.424. The molecule has 0 aromatic carbocycles. The van der Waals surface area contributed by atoms with Gasteiger partial charge in [0.05, 0.1) is 5.56 Å². The molecule has 0 aliphatic carbocycles. The molecule has 1 rings (SSSR count). The molecule has 0 atom stereocenters. The molecule has 1 heterocycles. The van der Waals surface area contributed by atoms with Crippen molar-refractivity contribution < 1.29 is 26.4 Å². The topological polar surface area (TPSA) is 67.3 Å². The van der Waals surface area contributed by atoms with E-state index in [-0.39, 0.29) is 0 Å². The molecule has 0 saturated heterocycles. The maximum atomic E-state index is 12.3. The van der Waals surface area contributed by atoms with Gasteiger partial charge in [0.15, 0.2) is 5.03 Å². The van der Waals surface area contributed by atoms with Crippen molar-refractivity contribution >= 4 is 15.7 Å². The van der Waals surface area contributed by atoms with Gasteiger partial charge in [0.1, 0.15) is 5.75 Å². The predicted octanol–water partition coefficient (Wildman–Crippen LogP) is 0.962. The zero-order valence-electron chi connectivity index (χ0n) is 10.1. The zero-order chi connectivity index (χ0) is 14.8. The number of aromatic nitrogens is 1. The highest BCUT2D eigenvalue weighted by molar-refractivity contribution is 7.92. The van der Waals surface area contributed by atoms with Gasteiger partial charge in [-0.3, -0.25) is 4.79 Å². The maximum Gasteiger partial charge on any atom is 0.417 e. The summed E-state index contributed by atoms with van der Waals surface area (Å²) in [6.07, 6.45) is -4.16. The van der Waals surface area contributed by atoms with Gasteiger partial charge in [-0.05, 0) is 12.1 Å². The molecule has 5 nitrogen and oxygen atoms in total. The number of halogens is 3. The van der Waals surface area contributed by atoms with Gasteiger partial charge in [-0.1, -0.05) is 0 Å². The van der Waals surface area contributed by atoms with Gasteiger partial charge < -0.3 is 4.90 Å². The smallest absolute Gasteiger partial charge is 0.348 e. The van der Waals surface area contributed by atoms with Gasteiger partial charge >= 0.3 is 6.18 Å². The summed E-state index contributed by atoms with van der Waals surface area (Å²) in [5.74, 6) is -1.51. The van der Waals surface area contributed by atoms with Crippen LogP contribution in [0.5, 0.6) is 0 Å². The molecule has 0 bridgehead atoms. The van der Waals surface area contributed by atoms with E-state index in [0.717, 1.165) is 11.0 Å². The Bertz CT molecular complexity index is 565. The molecule has 0 saturated carbocycles. The summed E-state index contributed by atoms with van der Waals surface area (Å²) in [4.78, 5) is 15.6. The number of amides is 1. The predicted molar refractivity (Wildman–Crippen MR) is 60.0 cm³/mol. The first-order valence-corrected chi connectivity index (χ1v) is 6.65. The Labute approximate surface area is 108 Å². The van der Waals surface area contributed by atoms with Crippen molar-refractivity contribution in [2.75, 3.05) is 19.8 Å². The number of carbonyl (C=O) groups excluding carboxylic acids is 1. The molecule has 0 radical (unpaired) electrons. The van der Waals surface area contributed by atoms with E-state index in [0.29, 0.717) is 12.3 Å². The maximum absolute atomic E-state index is 12.3. The summed E-state index contributed by atoms with van der Waals surface area (Å²) in [6.45, 7) is 0.